The Kier molecular flexibility index (Phi) is 6.61. The van der Waals surface area contributed by atoms with Crippen LogP contribution in [-0.4, -0.2) is 31.1 Å². The maximum Gasteiger partial charge on any atom is 0.328 e. The van der Waals surface area contributed by atoms with E-state index in [1.54, 1.807) is 19.1 Å². The molecule has 0 fully saturated rings. The maximum absolute atomic E-state index is 11.6. The predicted octanol–water partition coefficient (Wildman–Crippen LogP) is 2.44. The second-order valence-electron chi connectivity index (χ2n) is 3.90. The molecule has 110 valence electrons. The monoisotopic (exact) mass is 319 g/mol. The number of hydrogen-bond donors (Lipinski definition) is 1. The van der Waals surface area contributed by atoms with E-state index in [-0.39, 0.29) is 13.2 Å². The van der Waals surface area contributed by atoms with Crippen LogP contribution >= 0.6 is 23.2 Å². The molecule has 1 amide bonds. The summed E-state index contributed by atoms with van der Waals surface area (Å²) in [4.78, 5) is 22.9. The zero-order valence-corrected chi connectivity index (χ0v) is 12.6. The topological polar surface area (TPSA) is 64.6 Å². The van der Waals surface area contributed by atoms with Crippen molar-refractivity contribution in [3.8, 4) is 5.75 Å². The molecule has 1 N–H and O–H groups in total. The second kappa shape index (κ2) is 7.97. The zero-order chi connectivity index (χ0) is 15.1. The molecule has 0 aliphatic carbocycles. The highest BCUT2D eigenvalue weighted by Gasteiger charge is 2.17. The van der Waals surface area contributed by atoms with Crippen LogP contribution in [0.2, 0.25) is 10.0 Å². The fraction of sp³-hybridized carbons (Fsp3) is 0.385. The molecular weight excluding hydrogens is 305 g/mol. The van der Waals surface area contributed by atoms with Gasteiger partial charge in [0.25, 0.3) is 5.91 Å². The molecule has 0 radical (unpaired) electrons. The second-order valence-corrected chi connectivity index (χ2v) is 4.75. The van der Waals surface area contributed by atoms with E-state index >= 15 is 0 Å². The van der Waals surface area contributed by atoms with Crippen LogP contribution in [0.1, 0.15) is 13.8 Å². The highest BCUT2D eigenvalue weighted by atomic mass is 35.5. The lowest BCUT2D eigenvalue weighted by molar-refractivity contribution is -0.147. The first-order valence-electron chi connectivity index (χ1n) is 5.98. The first-order chi connectivity index (χ1) is 9.43. The Hall–Kier alpha value is -1.46. The summed E-state index contributed by atoms with van der Waals surface area (Å²) in [6.07, 6.45) is 0. The molecule has 0 saturated carbocycles. The summed E-state index contributed by atoms with van der Waals surface area (Å²) < 4.78 is 10.0. The molecule has 1 aromatic carbocycles. The van der Waals surface area contributed by atoms with Crippen LogP contribution < -0.4 is 10.1 Å². The van der Waals surface area contributed by atoms with Gasteiger partial charge < -0.3 is 14.8 Å². The normalized spacial score (nSPS) is 11.6. The average molecular weight is 320 g/mol. The van der Waals surface area contributed by atoms with Crippen molar-refractivity contribution in [2.75, 3.05) is 13.2 Å². The van der Waals surface area contributed by atoms with Gasteiger partial charge >= 0.3 is 5.97 Å². The summed E-state index contributed by atoms with van der Waals surface area (Å²) in [6, 6.07) is 3.95. The van der Waals surface area contributed by atoms with Crippen molar-refractivity contribution < 1.29 is 19.1 Å². The Morgan fingerprint density at radius 1 is 1.35 bits per heavy atom. The van der Waals surface area contributed by atoms with Gasteiger partial charge in [-0.25, -0.2) is 4.79 Å². The highest BCUT2D eigenvalue weighted by Crippen LogP contribution is 2.27. The molecule has 0 aliphatic heterocycles. The number of hydrogen-bond acceptors (Lipinski definition) is 4. The van der Waals surface area contributed by atoms with Gasteiger partial charge in [-0.3, -0.25) is 4.79 Å². The van der Waals surface area contributed by atoms with Crippen molar-refractivity contribution in [2.24, 2.45) is 0 Å². The molecule has 20 heavy (non-hydrogen) atoms. The quantitative estimate of drug-likeness (QED) is 0.818. The molecule has 1 unspecified atom stereocenters. The Morgan fingerprint density at radius 3 is 2.70 bits per heavy atom. The van der Waals surface area contributed by atoms with Gasteiger partial charge in [0.05, 0.1) is 11.6 Å². The van der Waals surface area contributed by atoms with E-state index in [4.69, 9.17) is 32.7 Å². The van der Waals surface area contributed by atoms with Crippen LogP contribution in [0.25, 0.3) is 0 Å². The first kappa shape index (κ1) is 16.6. The Labute approximate surface area is 127 Å². The molecule has 0 heterocycles. The van der Waals surface area contributed by atoms with E-state index in [0.717, 1.165) is 0 Å². The Balaban J connectivity index is 2.47. The number of carbonyl (C=O) groups is 2. The predicted molar refractivity (Wildman–Crippen MR) is 76.2 cm³/mol. The number of esters is 1. The molecular formula is C13H15Cl2NO4. The lowest BCUT2D eigenvalue weighted by atomic mass is 10.3. The summed E-state index contributed by atoms with van der Waals surface area (Å²) >= 11 is 11.7. The van der Waals surface area contributed by atoms with Gasteiger partial charge in [0.2, 0.25) is 0 Å². The minimum absolute atomic E-state index is 0.258. The van der Waals surface area contributed by atoms with Gasteiger partial charge in [0, 0.05) is 11.1 Å². The van der Waals surface area contributed by atoms with Crippen LogP contribution in [-0.2, 0) is 14.3 Å². The lowest BCUT2D eigenvalue weighted by Gasteiger charge is -2.13. The van der Waals surface area contributed by atoms with Crippen molar-refractivity contribution in [3.05, 3.63) is 28.2 Å². The zero-order valence-electron chi connectivity index (χ0n) is 11.1. The highest BCUT2D eigenvalue weighted by molar-refractivity contribution is 6.34. The largest absolute Gasteiger partial charge is 0.482 e. The van der Waals surface area contributed by atoms with E-state index in [1.165, 1.54) is 13.0 Å². The van der Waals surface area contributed by atoms with Gasteiger partial charge in [-0.15, -0.1) is 0 Å². The van der Waals surface area contributed by atoms with Crippen molar-refractivity contribution >= 4 is 35.1 Å². The average Bonchev–Trinajstić information content (AvgIpc) is 2.40. The number of halogens is 2. The van der Waals surface area contributed by atoms with Crippen LogP contribution in [0.5, 0.6) is 5.75 Å². The number of amides is 1. The summed E-state index contributed by atoms with van der Waals surface area (Å²) in [5.74, 6) is -0.652. The van der Waals surface area contributed by atoms with Gasteiger partial charge in [-0.2, -0.15) is 0 Å². The SMILES string of the molecule is CCOC(=O)C(C)NC(=O)COc1cc(Cl)ccc1Cl. The lowest BCUT2D eigenvalue weighted by Crippen LogP contribution is -2.41. The molecule has 1 aromatic rings. The van der Waals surface area contributed by atoms with Crippen molar-refractivity contribution in [2.45, 2.75) is 19.9 Å². The fourth-order valence-electron chi connectivity index (χ4n) is 1.34. The van der Waals surface area contributed by atoms with Crippen LogP contribution in [0.3, 0.4) is 0 Å². The third-order valence-corrected chi connectivity index (χ3v) is 2.82. The number of carbonyl (C=O) groups excluding carboxylic acids is 2. The standard InChI is InChI=1S/C13H15Cl2NO4/c1-3-19-13(18)8(2)16-12(17)7-20-11-6-9(14)4-5-10(11)15/h4-6,8H,3,7H2,1-2H3,(H,16,17). The molecule has 0 spiro atoms. The van der Waals surface area contributed by atoms with Gasteiger partial charge in [-0.05, 0) is 26.0 Å². The number of ether oxygens (including phenoxy) is 2. The number of nitrogens with one attached hydrogen (secondary N) is 1. The minimum Gasteiger partial charge on any atom is -0.482 e. The van der Waals surface area contributed by atoms with Crippen LogP contribution in [0.15, 0.2) is 18.2 Å². The van der Waals surface area contributed by atoms with Crippen molar-refractivity contribution in [1.82, 2.24) is 5.32 Å². The summed E-state index contributed by atoms with van der Waals surface area (Å²) in [7, 11) is 0. The summed E-state index contributed by atoms with van der Waals surface area (Å²) in [5, 5.41) is 3.25. The van der Waals surface area contributed by atoms with E-state index in [0.29, 0.717) is 15.8 Å². The molecule has 0 bridgehead atoms. The minimum atomic E-state index is -0.735. The van der Waals surface area contributed by atoms with Crippen molar-refractivity contribution in [3.63, 3.8) is 0 Å². The number of benzene rings is 1. The third kappa shape index (κ3) is 5.27. The van der Waals surface area contributed by atoms with Gasteiger partial charge in [-0.1, -0.05) is 23.2 Å². The molecule has 5 nitrogen and oxygen atoms in total. The van der Waals surface area contributed by atoms with Crippen LogP contribution in [0.4, 0.5) is 0 Å². The van der Waals surface area contributed by atoms with E-state index in [1.807, 2.05) is 0 Å². The first-order valence-corrected chi connectivity index (χ1v) is 6.73. The Bertz CT molecular complexity index is 493. The smallest absolute Gasteiger partial charge is 0.328 e. The molecule has 7 heteroatoms. The van der Waals surface area contributed by atoms with E-state index in [9.17, 15) is 9.59 Å². The van der Waals surface area contributed by atoms with Crippen LogP contribution in [0, 0.1) is 0 Å². The Morgan fingerprint density at radius 2 is 2.05 bits per heavy atom. The van der Waals surface area contributed by atoms with Crippen molar-refractivity contribution in [1.29, 1.82) is 0 Å². The fourth-order valence-corrected chi connectivity index (χ4v) is 1.67. The summed E-state index contributed by atoms with van der Waals surface area (Å²) in [5.41, 5.74) is 0. The molecule has 1 rings (SSSR count). The molecule has 1 atom stereocenters. The van der Waals surface area contributed by atoms with Gasteiger partial charge in [0.1, 0.15) is 11.8 Å². The number of rotatable bonds is 6. The summed E-state index contributed by atoms with van der Waals surface area (Å²) in [6.45, 7) is 3.20. The van der Waals surface area contributed by atoms with E-state index in [2.05, 4.69) is 5.32 Å². The molecule has 0 saturated heterocycles. The third-order valence-electron chi connectivity index (χ3n) is 2.27. The van der Waals surface area contributed by atoms with E-state index < -0.39 is 17.9 Å². The molecule has 0 aromatic heterocycles. The molecule has 0 aliphatic rings. The van der Waals surface area contributed by atoms with Gasteiger partial charge in [0.15, 0.2) is 6.61 Å². The maximum atomic E-state index is 11.6.